The number of hydrogen-bond acceptors (Lipinski definition) is 2. The number of hydrogen-bond donors (Lipinski definition) is 1. The monoisotopic (exact) mass is 356 g/mol. The minimum atomic E-state index is -3.89. The first-order chi connectivity index (χ1) is 9.38. The second kappa shape index (κ2) is 5.72. The molecule has 0 saturated carbocycles. The molecule has 0 amide bonds. The molecule has 104 valence electrons. The van der Waals surface area contributed by atoms with Gasteiger partial charge >= 0.3 is 0 Å². The number of nitrogens with two attached hydrogens (primary N) is 1. The maximum Gasteiger partial charge on any atom is 0.284 e. The highest BCUT2D eigenvalue weighted by Crippen LogP contribution is 2.17. The fourth-order valence-corrected chi connectivity index (χ4v) is 2.68. The molecular weight excluding hydrogens is 347 g/mol. The highest BCUT2D eigenvalue weighted by molar-refractivity contribution is 9.10. The smallest absolute Gasteiger partial charge is 0.284 e. The fraction of sp³-hybridized carbons (Fsp3) is 0. The van der Waals surface area contributed by atoms with Crippen LogP contribution in [0.2, 0.25) is 0 Å². The van der Waals surface area contributed by atoms with Crippen molar-refractivity contribution < 1.29 is 12.8 Å². The van der Waals surface area contributed by atoms with Crippen molar-refractivity contribution in [2.45, 2.75) is 4.90 Å². The van der Waals surface area contributed by atoms with Gasteiger partial charge in [-0.25, -0.2) is 4.39 Å². The predicted molar refractivity (Wildman–Crippen MR) is 78.5 cm³/mol. The lowest BCUT2D eigenvalue weighted by atomic mass is 10.2. The van der Waals surface area contributed by atoms with E-state index in [-0.39, 0.29) is 10.7 Å². The Morgan fingerprint density at radius 2 is 1.60 bits per heavy atom. The number of sulfonamides is 1. The highest BCUT2D eigenvalue weighted by atomic mass is 79.9. The molecular formula is C13H10BrFN2O2S. The Kier molecular flexibility index (Phi) is 4.20. The van der Waals surface area contributed by atoms with Gasteiger partial charge in [-0.15, -0.1) is 4.40 Å². The van der Waals surface area contributed by atoms with Gasteiger partial charge in [-0.3, -0.25) is 0 Å². The minimum absolute atomic E-state index is 0.0331. The Bertz CT molecular complexity index is 741. The van der Waals surface area contributed by atoms with Gasteiger partial charge in [-0.1, -0.05) is 15.9 Å². The largest absolute Gasteiger partial charge is 0.383 e. The van der Waals surface area contributed by atoms with Gasteiger partial charge in [0, 0.05) is 10.0 Å². The van der Waals surface area contributed by atoms with Gasteiger partial charge in [0.25, 0.3) is 10.0 Å². The van der Waals surface area contributed by atoms with Crippen LogP contribution in [-0.4, -0.2) is 14.3 Å². The number of benzene rings is 2. The molecule has 0 aromatic heterocycles. The van der Waals surface area contributed by atoms with Crippen molar-refractivity contribution >= 4 is 31.8 Å². The third-order valence-electron chi connectivity index (χ3n) is 2.47. The van der Waals surface area contributed by atoms with E-state index < -0.39 is 15.8 Å². The summed E-state index contributed by atoms with van der Waals surface area (Å²) in [6.45, 7) is 0. The van der Waals surface area contributed by atoms with Crippen molar-refractivity contribution in [3.8, 4) is 0 Å². The van der Waals surface area contributed by atoms with Gasteiger partial charge in [-0.2, -0.15) is 8.42 Å². The second-order valence-electron chi connectivity index (χ2n) is 3.91. The highest BCUT2D eigenvalue weighted by Gasteiger charge is 2.14. The molecule has 0 fully saturated rings. The third kappa shape index (κ3) is 3.43. The van der Waals surface area contributed by atoms with E-state index in [1.807, 2.05) is 0 Å². The first-order valence-corrected chi connectivity index (χ1v) is 7.74. The fourth-order valence-electron chi connectivity index (χ4n) is 1.46. The molecule has 0 saturated heterocycles. The molecule has 0 aliphatic rings. The van der Waals surface area contributed by atoms with E-state index in [0.29, 0.717) is 5.56 Å². The molecule has 7 heteroatoms. The molecule has 2 aromatic rings. The molecule has 0 bridgehead atoms. The Morgan fingerprint density at radius 3 is 2.15 bits per heavy atom. The van der Waals surface area contributed by atoms with Crippen LogP contribution in [0, 0.1) is 5.82 Å². The van der Waals surface area contributed by atoms with E-state index in [0.717, 1.165) is 4.47 Å². The summed E-state index contributed by atoms with van der Waals surface area (Å²) >= 11 is 3.22. The van der Waals surface area contributed by atoms with Crippen molar-refractivity contribution in [2.24, 2.45) is 10.1 Å². The molecule has 2 N–H and O–H groups in total. The van der Waals surface area contributed by atoms with Crippen LogP contribution >= 0.6 is 15.9 Å². The molecule has 0 aliphatic heterocycles. The lowest BCUT2D eigenvalue weighted by Gasteiger charge is -2.02. The number of rotatable bonds is 3. The van der Waals surface area contributed by atoms with E-state index >= 15 is 0 Å². The van der Waals surface area contributed by atoms with E-state index in [1.54, 1.807) is 12.1 Å². The lowest BCUT2D eigenvalue weighted by molar-refractivity contribution is 0.598. The summed E-state index contributed by atoms with van der Waals surface area (Å²) in [7, 11) is -3.89. The van der Waals surface area contributed by atoms with Gasteiger partial charge in [0.05, 0.1) is 4.90 Å². The molecule has 2 rings (SSSR count). The first-order valence-electron chi connectivity index (χ1n) is 5.50. The van der Waals surface area contributed by atoms with Crippen molar-refractivity contribution in [2.75, 3.05) is 0 Å². The van der Waals surface area contributed by atoms with Gasteiger partial charge < -0.3 is 5.73 Å². The van der Waals surface area contributed by atoms with Crippen LogP contribution in [0.15, 0.2) is 62.3 Å². The maximum atomic E-state index is 12.8. The van der Waals surface area contributed by atoms with Gasteiger partial charge in [0.15, 0.2) is 0 Å². The van der Waals surface area contributed by atoms with Crippen LogP contribution in [0.1, 0.15) is 5.56 Å². The Balaban J connectivity index is 2.37. The van der Waals surface area contributed by atoms with E-state index in [2.05, 4.69) is 20.3 Å². The van der Waals surface area contributed by atoms with Crippen molar-refractivity contribution in [1.29, 1.82) is 0 Å². The molecule has 0 atom stereocenters. The van der Waals surface area contributed by atoms with E-state index in [4.69, 9.17) is 5.73 Å². The second-order valence-corrected chi connectivity index (χ2v) is 6.43. The molecule has 2 aromatic carbocycles. The Labute approximate surface area is 124 Å². The van der Waals surface area contributed by atoms with Crippen LogP contribution in [0.4, 0.5) is 4.39 Å². The van der Waals surface area contributed by atoms with Crippen LogP contribution in [0.5, 0.6) is 0 Å². The average Bonchev–Trinajstić information content (AvgIpc) is 2.39. The predicted octanol–water partition coefficient (Wildman–Crippen LogP) is 2.68. The zero-order chi connectivity index (χ0) is 14.8. The number of halogens is 2. The molecule has 0 aliphatic carbocycles. The van der Waals surface area contributed by atoms with Crippen LogP contribution in [0.3, 0.4) is 0 Å². The van der Waals surface area contributed by atoms with E-state index in [9.17, 15) is 12.8 Å². The summed E-state index contributed by atoms with van der Waals surface area (Å²) in [6.07, 6.45) is 0. The summed E-state index contributed by atoms with van der Waals surface area (Å²) < 4.78 is 41.2. The molecule has 20 heavy (non-hydrogen) atoms. The summed E-state index contributed by atoms with van der Waals surface area (Å²) in [6, 6.07) is 11.1. The quantitative estimate of drug-likeness (QED) is 0.678. The lowest BCUT2D eigenvalue weighted by Crippen LogP contribution is -2.16. The summed E-state index contributed by atoms with van der Waals surface area (Å²) in [5.41, 5.74) is 5.98. The zero-order valence-corrected chi connectivity index (χ0v) is 12.5. The first kappa shape index (κ1) is 14.7. The molecule has 0 heterocycles. The topological polar surface area (TPSA) is 72.5 Å². The normalized spacial score (nSPS) is 12.4. The Hall–Kier alpha value is -1.73. The summed E-state index contributed by atoms with van der Waals surface area (Å²) in [4.78, 5) is 0.0331. The number of nitrogens with zero attached hydrogens (tertiary/aromatic N) is 1. The van der Waals surface area contributed by atoms with E-state index in [1.165, 1.54) is 36.4 Å². The molecule has 0 radical (unpaired) electrons. The minimum Gasteiger partial charge on any atom is -0.383 e. The van der Waals surface area contributed by atoms with Crippen LogP contribution in [0.25, 0.3) is 0 Å². The summed E-state index contributed by atoms with van der Waals surface area (Å²) in [5, 5.41) is 0. The summed E-state index contributed by atoms with van der Waals surface area (Å²) in [5.74, 6) is -0.620. The van der Waals surface area contributed by atoms with Gasteiger partial charge in [0.1, 0.15) is 11.7 Å². The average molecular weight is 357 g/mol. The molecule has 0 spiro atoms. The van der Waals surface area contributed by atoms with Crippen molar-refractivity contribution in [1.82, 2.24) is 0 Å². The maximum absolute atomic E-state index is 12.8. The zero-order valence-electron chi connectivity index (χ0n) is 10.1. The third-order valence-corrected chi connectivity index (χ3v) is 4.30. The Morgan fingerprint density at radius 1 is 1.05 bits per heavy atom. The van der Waals surface area contributed by atoms with Crippen molar-refractivity contribution in [3.63, 3.8) is 0 Å². The van der Waals surface area contributed by atoms with Crippen LogP contribution in [-0.2, 0) is 10.0 Å². The standard InChI is InChI=1S/C13H10BrFN2O2S/c14-10-3-7-12(8-4-10)20(18,19)17-13(16)9-1-5-11(15)6-2-9/h1-8H,(H2,16,17). The van der Waals surface area contributed by atoms with Gasteiger partial charge in [0.2, 0.25) is 0 Å². The number of amidine groups is 1. The van der Waals surface area contributed by atoms with Gasteiger partial charge in [-0.05, 0) is 48.5 Å². The SMILES string of the molecule is NC(=NS(=O)(=O)c1ccc(Br)cc1)c1ccc(F)cc1. The van der Waals surface area contributed by atoms with Crippen molar-refractivity contribution in [3.05, 3.63) is 64.4 Å². The molecule has 0 unspecified atom stereocenters. The van der Waals surface area contributed by atoms with Crippen LogP contribution < -0.4 is 5.73 Å². The molecule has 4 nitrogen and oxygen atoms in total.